The van der Waals surface area contributed by atoms with Gasteiger partial charge in [-0.1, -0.05) is 41.9 Å². The van der Waals surface area contributed by atoms with Gasteiger partial charge in [0, 0.05) is 17.0 Å². The fourth-order valence-electron chi connectivity index (χ4n) is 3.07. The monoisotopic (exact) mass is 529 g/mol. The van der Waals surface area contributed by atoms with Crippen LogP contribution in [-0.2, 0) is 0 Å². The van der Waals surface area contributed by atoms with Gasteiger partial charge in [0.1, 0.15) is 0 Å². The molecule has 0 fully saturated rings. The Morgan fingerprint density at radius 1 is 0.882 bits per heavy atom. The minimum atomic E-state index is -1.10. The first kappa shape index (κ1) is 28.3. The van der Waals surface area contributed by atoms with Crippen molar-refractivity contribution in [2.45, 2.75) is 27.7 Å². The lowest BCUT2D eigenvalue weighted by Gasteiger charge is -2.14. The van der Waals surface area contributed by atoms with Crippen LogP contribution >= 0.6 is 15.9 Å². The summed E-state index contributed by atoms with van der Waals surface area (Å²) in [6, 6.07) is 14.1. The molecule has 0 unspecified atom stereocenters. The number of nitrogens with zero attached hydrogens (tertiary/aromatic N) is 2. The number of carboxylic acid groups (broad SMARTS) is 2. The molecule has 3 N–H and O–H groups in total. The van der Waals surface area contributed by atoms with Gasteiger partial charge in [0.2, 0.25) is 0 Å². The number of alkyl halides is 1. The van der Waals surface area contributed by atoms with E-state index >= 15 is 0 Å². The van der Waals surface area contributed by atoms with Crippen LogP contribution in [0, 0.1) is 13.8 Å². The van der Waals surface area contributed by atoms with Crippen molar-refractivity contribution >= 4 is 40.0 Å². The number of aromatic carboxylic acids is 2. The number of carbonyl (C=O) groups is 3. The Bertz CT molecular complexity index is 1170. The minimum absolute atomic E-state index is 0.0722. The largest absolute Gasteiger partial charge is 0.478 e. The molecule has 9 heteroatoms. The molecule has 0 atom stereocenters. The van der Waals surface area contributed by atoms with Crippen LogP contribution in [0.2, 0.25) is 0 Å². The first-order valence-corrected chi connectivity index (χ1v) is 11.9. The molecule has 0 saturated heterocycles. The molecule has 0 aliphatic rings. The number of hydrogen-bond acceptors (Lipinski definition) is 4. The second-order valence-corrected chi connectivity index (χ2v) is 6.62. The van der Waals surface area contributed by atoms with E-state index in [0.29, 0.717) is 11.3 Å². The number of carbonyl (C=O) groups excluding carboxylic acids is 1. The van der Waals surface area contributed by atoms with Crippen molar-refractivity contribution in [2.75, 3.05) is 5.83 Å². The van der Waals surface area contributed by atoms with Gasteiger partial charge in [-0.25, -0.2) is 15.0 Å². The summed E-state index contributed by atoms with van der Waals surface area (Å²) in [5.74, 6) is -0.870. The average Bonchev–Trinajstić information content (AvgIpc) is 3.18. The third-order valence-corrected chi connectivity index (χ3v) is 4.52. The van der Waals surface area contributed by atoms with Gasteiger partial charge >= 0.3 is 11.9 Å². The fourth-order valence-corrected chi connectivity index (χ4v) is 3.07. The van der Waals surface area contributed by atoms with Crippen molar-refractivity contribution in [3.8, 4) is 5.69 Å². The van der Waals surface area contributed by atoms with Crippen LogP contribution < -0.4 is 5.43 Å². The van der Waals surface area contributed by atoms with Gasteiger partial charge in [-0.2, -0.15) is 5.10 Å². The standard InChI is InChI=1S/C22H19N3O5.C2H6.CH3Br/c1-13-6-7-14(2)25(13)19-11-16(8-9-18(19)22(29)30)20(26)24-23-12-15-4-3-5-17(10-15)21(27)28;2*1-2/h3-12H,1-2H3,(H,24,26)(H,27,28)(H,29,30);1-2H3;1H3/b23-12+;;. The number of benzene rings is 2. The number of hydrogen-bond donors (Lipinski definition) is 3. The van der Waals surface area contributed by atoms with Crippen LogP contribution in [0.25, 0.3) is 5.69 Å². The molecule has 2 aromatic carbocycles. The van der Waals surface area contributed by atoms with Crippen molar-refractivity contribution < 1.29 is 24.6 Å². The van der Waals surface area contributed by atoms with Crippen molar-refractivity contribution in [3.63, 3.8) is 0 Å². The predicted molar refractivity (Wildman–Crippen MR) is 137 cm³/mol. The highest BCUT2D eigenvalue weighted by Gasteiger charge is 2.17. The highest BCUT2D eigenvalue weighted by atomic mass is 79.9. The number of rotatable bonds is 6. The molecule has 1 aromatic heterocycles. The molecule has 3 aromatic rings. The Morgan fingerprint density at radius 3 is 2.06 bits per heavy atom. The maximum atomic E-state index is 12.5. The summed E-state index contributed by atoms with van der Waals surface area (Å²) in [6.45, 7) is 7.70. The van der Waals surface area contributed by atoms with Gasteiger partial charge in [0.25, 0.3) is 5.91 Å². The Labute approximate surface area is 207 Å². The Morgan fingerprint density at radius 2 is 1.50 bits per heavy atom. The van der Waals surface area contributed by atoms with Gasteiger partial charge in [-0.15, -0.1) is 0 Å². The quantitative estimate of drug-likeness (QED) is 0.227. The lowest BCUT2D eigenvalue weighted by atomic mass is 10.1. The Hall–Kier alpha value is -3.72. The Balaban J connectivity index is 0.00000137. The van der Waals surface area contributed by atoms with E-state index in [2.05, 4.69) is 26.5 Å². The van der Waals surface area contributed by atoms with Gasteiger partial charge in [0.15, 0.2) is 0 Å². The highest BCUT2D eigenvalue weighted by Crippen LogP contribution is 2.22. The molecule has 1 amide bonds. The lowest BCUT2D eigenvalue weighted by Crippen LogP contribution is -2.19. The second-order valence-electron chi connectivity index (χ2n) is 6.62. The summed E-state index contributed by atoms with van der Waals surface area (Å²) in [6.07, 6.45) is 1.33. The summed E-state index contributed by atoms with van der Waals surface area (Å²) < 4.78 is 1.76. The number of nitrogens with one attached hydrogen (secondary N) is 1. The maximum absolute atomic E-state index is 12.5. The normalized spacial score (nSPS) is 9.94. The molecule has 8 nitrogen and oxygen atoms in total. The molecule has 180 valence electrons. The van der Waals surface area contributed by atoms with Gasteiger partial charge in [0.05, 0.1) is 23.0 Å². The van der Waals surface area contributed by atoms with Crippen molar-refractivity contribution in [1.29, 1.82) is 0 Å². The molecule has 0 bridgehead atoms. The molecule has 0 aliphatic heterocycles. The van der Waals surface area contributed by atoms with Crippen LogP contribution in [0.4, 0.5) is 0 Å². The van der Waals surface area contributed by atoms with Gasteiger partial charge in [-0.05, 0) is 67.7 Å². The number of hydrazone groups is 1. The van der Waals surface area contributed by atoms with Crippen LogP contribution in [0.5, 0.6) is 0 Å². The topological polar surface area (TPSA) is 121 Å². The van der Waals surface area contributed by atoms with Gasteiger partial charge in [-0.3, -0.25) is 4.79 Å². The van der Waals surface area contributed by atoms with E-state index in [1.807, 2.05) is 45.7 Å². The first-order chi connectivity index (χ1) is 16.3. The third kappa shape index (κ3) is 7.14. The zero-order valence-corrected chi connectivity index (χ0v) is 21.3. The number of aromatic nitrogens is 1. The number of amides is 1. The zero-order chi connectivity index (χ0) is 25.8. The van der Waals surface area contributed by atoms with E-state index in [1.54, 1.807) is 16.7 Å². The number of aryl methyl sites for hydroxylation is 2. The van der Waals surface area contributed by atoms with Crippen molar-refractivity contribution in [2.24, 2.45) is 5.10 Å². The molecule has 0 aliphatic carbocycles. The molecule has 3 rings (SSSR count). The summed E-state index contributed by atoms with van der Waals surface area (Å²) in [4.78, 5) is 35.2. The summed E-state index contributed by atoms with van der Waals surface area (Å²) in [7, 11) is 0. The number of carboxylic acids is 2. The SMILES string of the molecule is CBr.CC.Cc1ccc(C)n1-c1cc(C(=O)N/N=C/c2cccc(C(=O)O)c2)ccc1C(=O)O. The van der Waals surface area contributed by atoms with E-state index in [1.165, 1.54) is 36.5 Å². The Kier molecular flexibility index (Phi) is 11.4. The first-order valence-electron chi connectivity index (χ1n) is 10.3. The number of halogens is 1. The van der Waals surface area contributed by atoms with E-state index in [0.717, 1.165) is 11.4 Å². The van der Waals surface area contributed by atoms with E-state index in [9.17, 15) is 19.5 Å². The van der Waals surface area contributed by atoms with Crippen LogP contribution in [0.1, 0.15) is 61.9 Å². The molecule has 1 heterocycles. The van der Waals surface area contributed by atoms with Crippen molar-refractivity contribution in [1.82, 2.24) is 9.99 Å². The fraction of sp³-hybridized carbons (Fsp3) is 0.200. The molecular weight excluding hydrogens is 502 g/mol. The molecule has 0 spiro atoms. The second kappa shape index (κ2) is 13.7. The van der Waals surface area contributed by atoms with Crippen LogP contribution in [0.15, 0.2) is 59.7 Å². The predicted octanol–water partition coefficient (Wildman–Crippen LogP) is 5.29. The molecule has 34 heavy (non-hydrogen) atoms. The van der Waals surface area contributed by atoms with Gasteiger partial charge < -0.3 is 14.8 Å². The molecule has 0 saturated carbocycles. The summed E-state index contributed by atoms with van der Waals surface area (Å²) >= 11 is 2.94. The average molecular weight is 530 g/mol. The highest BCUT2D eigenvalue weighted by molar-refractivity contribution is 9.08. The van der Waals surface area contributed by atoms with Crippen LogP contribution in [0.3, 0.4) is 0 Å². The zero-order valence-electron chi connectivity index (χ0n) is 19.7. The van der Waals surface area contributed by atoms with Crippen LogP contribution in [-0.4, -0.2) is 44.7 Å². The van der Waals surface area contributed by atoms with E-state index < -0.39 is 17.8 Å². The van der Waals surface area contributed by atoms with E-state index in [4.69, 9.17) is 5.11 Å². The maximum Gasteiger partial charge on any atom is 0.337 e. The van der Waals surface area contributed by atoms with E-state index in [-0.39, 0.29) is 16.7 Å². The lowest BCUT2D eigenvalue weighted by molar-refractivity contribution is 0.0686. The summed E-state index contributed by atoms with van der Waals surface area (Å²) in [5.41, 5.74) is 5.35. The minimum Gasteiger partial charge on any atom is -0.478 e. The van der Waals surface area contributed by atoms with Crippen molar-refractivity contribution in [3.05, 3.63) is 88.2 Å². The molecule has 0 radical (unpaired) electrons. The smallest absolute Gasteiger partial charge is 0.337 e. The molecular formula is C25H28BrN3O5. The third-order valence-electron chi connectivity index (χ3n) is 4.52. The summed E-state index contributed by atoms with van der Waals surface area (Å²) in [5, 5.41) is 22.4.